The van der Waals surface area contributed by atoms with Gasteiger partial charge in [-0.3, -0.25) is 19.4 Å². The van der Waals surface area contributed by atoms with Crippen molar-refractivity contribution in [1.29, 1.82) is 0 Å². The van der Waals surface area contributed by atoms with Crippen molar-refractivity contribution in [2.75, 3.05) is 13.1 Å². The van der Waals surface area contributed by atoms with E-state index in [9.17, 15) is 32.3 Å². The molecule has 3 heterocycles. The van der Waals surface area contributed by atoms with E-state index in [1.54, 1.807) is 30.3 Å². The molecule has 0 radical (unpaired) electrons. The monoisotopic (exact) mass is 528 g/mol. The minimum Gasteiger partial charge on any atom is -0.343 e. The highest BCUT2D eigenvalue weighted by atomic mass is 32.1. The van der Waals surface area contributed by atoms with Crippen molar-refractivity contribution in [3.8, 4) is 5.69 Å². The SMILES string of the molecule is O=C(NCC(=O)N1CCc2c(sc3[nH]c(=O)n(-c4ccccc4C(F)(F)F)c(=O)c23)C1)c1ccccc1. The van der Waals surface area contributed by atoms with Gasteiger partial charge in [0.05, 0.1) is 29.7 Å². The number of fused-ring (bicyclic) bond motifs is 3. The quantitative estimate of drug-likeness (QED) is 0.425. The molecule has 0 fully saturated rings. The van der Waals surface area contributed by atoms with Crippen molar-refractivity contribution >= 4 is 33.4 Å². The van der Waals surface area contributed by atoms with E-state index >= 15 is 0 Å². The van der Waals surface area contributed by atoms with Crippen LogP contribution < -0.4 is 16.6 Å². The number of hydrogen-bond acceptors (Lipinski definition) is 5. The van der Waals surface area contributed by atoms with Gasteiger partial charge in [-0.15, -0.1) is 11.3 Å². The summed E-state index contributed by atoms with van der Waals surface area (Å²) in [6, 6.07) is 12.9. The molecule has 190 valence electrons. The van der Waals surface area contributed by atoms with Gasteiger partial charge in [0.1, 0.15) is 4.83 Å². The molecule has 2 amide bonds. The van der Waals surface area contributed by atoms with Crippen LogP contribution in [0.15, 0.2) is 64.2 Å². The number of carbonyl (C=O) groups is 2. The summed E-state index contributed by atoms with van der Waals surface area (Å²) in [5, 5.41) is 2.73. The van der Waals surface area contributed by atoms with Crippen LogP contribution in [0.1, 0.15) is 26.4 Å². The number of benzene rings is 2. The summed E-state index contributed by atoms with van der Waals surface area (Å²) in [6.07, 6.45) is -4.49. The summed E-state index contributed by atoms with van der Waals surface area (Å²) in [5.41, 5.74) is -2.46. The Morgan fingerprint density at radius 3 is 2.46 bits per heavy atom. The number of nitrogens with zero attached hydrogens (tertiary/aromatic N) is 2. The van der Waals surface area contributed by atoms with Crippen LogP contribution in [-0.2, 0) is 23.9 Å². The Morgan fingerprint density at radius 2 is 1.73 bits per heavy atom. The molecule has 5 rings (SSSR count). The third-order valence-electron chi connectivity index (χ3n) is 6.14. The third-order valence-corrected chi connectivity index (χ3v) is 7.27. The molecule has 4 aromatic rings. The number of carbonyl (C=O) groups excluding carboxylic acids is 2. The lowest BCUT2D eigenvalue weighted by molar-refractivity contribution is -0.137. The summed E-state index contributed by atoms with van der Waals surface area (Å²) in [7, 11) is 0. The predicted molar refractivity (Wildman–Crippen MR) is 131 cm³/mol. The van der Waals surface area contributed by atoms with Crippen molar-refractivity contribution in [1.82, 2.24) is 19.8 Å². The number of alkyl halides is 3. The van der Waals surface area contributed by atoms with Gasteiger partial charge >= 0.3 is 11.9 Å². The summed E-state index contributed by atoms with van der Waals surface area (Å²) in [6.45, 7) is 0.178. The number of para-hydroxylation sites is 1. The van der Waals surface area contributed by atoms with Gasteiger partial charge in [0.15, 0.2) is 0 Å². The normalized spacial score (nSPS) is 13.4. The van der Waals surface area contributed by atoms with E-state index in [1.165, 1.54) is 17.0 Å². The van der Waals surface area contributed by atoms with Crippen LogP contribution in [0.2, 0.25) is 0 Å². The van der Waals surface area contributed by atoms with Crippen molar-refractivity contribution in [2.45, 2.75) is 19.1 Å². The molecule has 0 unspecified atom stereocenters. The molecule has 1 aliphatic rings. The average molecular weight is 529 g/mol. The van der Waals surface area contributed by atoms with E-state index in [1.807, 2.05) is 0 Å². The van der Waals surface area contributed by atoms with Crippen molar-refractivity contribution in [3.63, 3.8) is 0 Å². The van der Waals surface area contributed by atoms with Gasteiger partial charge < -0.3 is 10.2 Å². The van der Waals surface area contributed by atoms with Crippen LogP contribution in [0.4, 0.5) is 13.2 Å². The Hall–Kier alpha value is -4.19. The Balaban J connectivity index is 1.43. The number of halogens is 3. The first-order valence-corrected chi connectivity index (χ1v) is 12.0. The van der Waals surface area contributed by atoms with Gasteiger partial charge in [0, 0.05) is 17.0 Å². The second-order valence-electron chi connectivity index (χ2n) is 8.41. The van der Waals surface area contributed by atoms with Crippen LogP contribution >= 0.6 is 11.3 Å². The van der Waals surface area contributed by atoms with Crippen molar-refractivity contribution in [2.24, 2.45) is 0 Å². The molecule has 12 heteroatoms. The number of amides is 2. The number of nitrogens with one attached hydrogen (secondary N) is 2. The largest absolute Gasteiger partial charge is 0.418 e. The number of H-pyrrole nitrogens is 1. The van der Waals surface area contributed by atoms with E-state index < -0.39 is 28.7 Å². The lowest BCUT2D eigenvalue weighted by atomic mass is 10.1. The van der Waals surface area contributed by atoms with Crippen molar-refractivity contribution < 1.29 is 22.8 Å². The zero-order chi connectivity index (χ0) is 26.3. The highest BCUT2D eigenvalue weighted by Gasteiger charge is 2.35. The molecule has 0 atom stereocenters. The van der Waals surface area contributed by atoms with Gasteiger partial charge in [-0.2, -0.15) is 13.2 Å². The second-order valence-corrected chi connectivity index (χ2v) is 9.51. The molecule has 0 saturated heterocycles. The van der Waals surface area contributed by atoms with Gasteiger partial charge in [0.2, 0.25) is 5.91 Å². The standard InChI is InChI=1S/C25H19F3N4O4S/c26-25(27,28)16-8-4-5-9-17(16)32-23(35)20-15-10-11-31(13-18(15)37-22(20)30-24(32)36)19(33)12-29-21(34)14-6-2-1-3-7-14/h1-9H,10-13H2,(H,29,34)(H,30,36). The summed E-state index contributed by atoms with van der Waals surface area (Å²) >= 11 is 1.11. The Bertz CT molecular complexity index is 1640. The molecule has 8 nitrogen and oxygen atoms in total. The maximum atomic E-state index is 13.6. The van der Waals surface area contributed by atoms with Crippen LogP contribution in [0.25, 0.3) is 15.9 Å². The zero-order valence-corrected chi connectivity index (χ0v) is 19.9. The maximum absolute atomic E-state index is 13.6. The maximum Gasteiger partial charge on any atom is 0.418 e. The molecule has 2 N–H and O–H groups in total. The number of thiophene rings is 1. The minimum atomic E-state index is -4.76. The Morgan fingerprint density at radius 1 is 1.03 bits per heavy atom. The molecule has 2 aromatic heterocycles. The molecule has 0 bridgehead atoms. The Labute approximate surface area is 211 Å². The Kier molecular flexibility index (Phi) is 6.20. The van der Waals surface area contributed by atoms with Crippen LogP contribution in [0.5, 0.6) is 0 Å². The van der Waals surface area contributed by atoms with Gasteiger partial charge in [-0.25, -0.2) is 9.36 Å². The van der Waals surface area contributed by atoms with E-state index in [2.05, 4.69) is 10.3 Å². The topological polar surface area (TPSA) is 104 Å². The van der Waals surface area contributed by atoms with E-state index in [0.29, 0.717) is 20.6 Å². The summed E-state index contributed by atoms with van der Waals surface area (Å²) < 4.78 is 41.2. The summed E-state index contributed by atoms with van der Waals surface area (Å²) in [5.74, 6) is -0.705. The lowest BCUT2D eigenvalue weighted by Crippen LogP contribution is -2.42. The van der Waals surface area contributed by atoms with E-state index in [0.717, 1.165) is 23.5 Å². The minimum absolute atomic E-state index is 0.140. The number of hydrogen-bond donors (Lipinski definition) is 2. The average Bonchev–Trinajstić information content (AvgIpc) is 3.24. The molecule has 0 aliphatic carbocycles. The highest BCUT2D eigenvalue weighted by molar-refractivity contribution is 7.18. The van der Waals surface area contributed by atoms with Crippen LogP contribution in [-0.4, -0.2) is 39.4 Å². The predicted octanol–water partition coefficient (Wildman–Crippen LogP) is 3.07. The van der Waals surface area contributed by atoms with E-state index in [4.69, 9.17) is 0 Å². The number of aromatic nitrogens is 2. The fourth-order valence-electron chi connectivity index (χ4n) is 4.37. The van der Waals surface area contributed by atoms with Crippen molar-refractivity contribution in [3.05, 3.63) is 97.0 Å². The van der Waals surface area contributed by atoms with Gasteiger partial charge in [-0.05, 0) is 36.2 Å². The molecule has 0 spiro atoms. The summed E-state index contributed by atoms with van der Waals surface area (Å²) in [4.78, 5) is 56.0. The molecular formula is C25H19F3N4O4S. The zero-order valence-electron chi connectivity index (χ0n) is 19.1. The number of aromatic amines is 1. The van der Waals surface area contributed by atoms with E-state index in [-0.39, 0.29) is 48.1 Å². The van der Waals surface area contributed by atoms with Crippen LogP contribution in [0.3, 0.4) is 0 Å². The van der Waals surface area contributed by atoms with Gasteiger partial charge in [0.25, 0.3) is 11.5 Å². The second kappa shape index (κ2) is 9.36. The molecule has 37 heavy (non-hydrogen) atoms. The van der Waals surface area contributed by atoms with Gasteiger partial charge in [-0.1, -0.05) is 30.3 Å². The molecular weight excluding hydrogens is 509 g/mol. The fourth-order valence-corrected chi connectivity index (χ4v) is 5.62. The third kappa shape index (κ3) is 4.55. The highest BCUT2D eigenvalue weighted by Crippen LogP contribution is 2.34. The fraction of sp³-hybridized carbons (Fsp3) is 0.200. The molecule has 1 aliphatic heterocycles. The first-order valence-electron chi connectivity index (χ1n) is 11.2. The number of rotatable bonds is 4. The molecule has 2 aromatic carbocycles. The smallest absolute Gasteiger partial charge is 0.343 e. The first-order chi connectivity index (χ1) is 17.6. The lowest BCUT2D eigenvalue weighted by Gasteiger charge is -2.27. The first kappa shape index (κ1) is 24.5. The van der Waals surface area contributed by atoms with Crippen LogP contribution in [0, 0.1) is 0 Å². The molecule has 0 saturated carbocycles.